The number of amides is 1. The third-order valence-corrected chi connectivity index (χ3v) is 4.38. The summed E-state index contributed by atoms with van der Waals surface area (Å²) < 4.78 is 1.12. The number of rotatable bonds is 2. The molecule has 0 aliphatic heterocycles. The summed E-state index contributed by atoms with van der Waals surface area (Å²) in [6.07, 6.45) is 2.04. The van der Waals surface area contributed by atoms with Crippen molar-refractivity contribution in [1.29, 1.82) is 0 Å². The quantitative estimate of drug-likeness (QED) is 0.901. The Hall–Kier alpha value is -1.42. The molecule has 0 radical (unpaired) electrons. The van der Waals surface area contributed by atoms with Crippen molar-refractivity contribution in [2.75, 3.05) is 5.32 Å². The summed E-state index contributed by atoms with van der Waals surface area (Å²) in [6, 6.07) is 6.37. The number of fused-ring (bicyclic) bond motifs is 1. The average molecular weight is 274 g/mol. The van der Waals surface area contributed by atoms with Gasteiger partial charge in [0.1, 0.15) is 0 Å². The number of nitrogens with zero attached hydrogens (tertiary/aromatic N) is 1. The molecule has 1 N–H and O–H groups in total. The molecule has 3 nitrogen and oxygen atoms in total. The van der Waals surface area contributed by atoms with E-state index in [-0.39, 0.29) is 17.2 Å². The second-order valence-corrected chi connectivity index (χ2v) is 7.25. The standard InChI is InChI=1S/C15H18N2OS/c1-15(2,3)10-6-7-12-11(8-10)16-14(19-12)17-13(18)9-4-5-9/h6-9H,4-5H2,1-3H3,(H,16,17,18). The maximum atomic E-state index is 11.7. The first-order valence-corrected chi connectivity index (χ1v) is 7.47. The molecule has 1 aliphatic rings. The summed E-state index contributed by atoms with van der Waals surface area (Å²) in [5, 5.41) is 3.64. The maximum Gasteiger partial charge on any atom is 0.229 e. The third-order valence-electron chi connectivity index (χ3n) is 3.43. The fourth-order valence-corrected chi connectivity index (χ4v) is 2.85. The third kappa shape index (κ3) is 2.63. The lowest BCUT2D eigenvalue weighted by Crippen LogP contribution is -2.12. The minimum Gasteiger partial charge on any atom is -0.302 e. The summed E-state index contributed by atoms with van der Waals surface area (Å²) in [5.74, 6) is 0.340. The highest BCUT2D eigenvalue weighted by molar-refractivity contribution is 7.22. The molecule has 0 unspecified atom stereocenters. The molecule has 1 saturated carbocycles. The van der Waals surface area contributed by atoms with Gasteiger partial charge >= 0.3 is 0 Å². The van der Waals surface area contributed by atoms with Gasteiger partial charge in [0.05, 0.1) is 10.2 Å². The van der Waals surface area contributed by atoms with Crippen molar-refractivity contribution in [3.05, 3.63) is 23.8 Å². The van der Waals surface area contributed by atoms with E-state index in [1.54, 1.807) is 11.3 Å². The summed E-state index contributed by atoms with van der Waals surface area (Å²) in [4.78, 5) is 16.3. The highest BCUT2D eigenvalue weighted by Gasteiger charge is 2.30. The van der Waals surface area contributed by atoms with Gasteiger partial charge in [0.25, 0.3) is 0 Å². The van der Waals surface area contributed by atoms with E-state index >= 15 is 0 Å². The van der Waals surface area contributed by atoms with E-state index < -0.39 is 0 Å². The van der Waals surface area contributed by atoms with Gasteiger partial charge in [-0.2, -0.15) is 0 Å². The second-order valence-electron chi connectivity index (χ2n) is 6.22. The van der Waals surface area contributed by atoms with Gasteiger partial charge < -0.3 is 5.32 Å². The molecule has 1 aromatic carbocycles. The van der Waals surface area contributed by atoms with Crippen LogP contribution in [0.25, 0.3) is 10.2 Å². The molecule has 0 bridgehead atoms. The fourth-order valence-electron chi connectivity index (χ4n) is 2.00. The van der Waals surface area contributed by atoms with Crippen LogP contribution in [-0.2, 0) is 10.2 Å². The van der Waals surface area contributed by atoms with Gasteiger partial charge in [-0.3, -0.25) is 4.79 Å². The summed E-state index contributed by atoms with van der Waals surface area (Å²) in [5.41, 5.74) is 2.36. The Morgan fingerprint density at radius 1 is 1.37 bits per heavy atom. The number of carbonyl (C=O) groups excluding carboxylic acids is 1. The first-order chi connectivity index (χ1) is 8.93. The van der Waals surface area contributed by atoms with E-state index in [9.17, 15) is 4.79 Å². The summed E-state index contributed by atoms with van der Waals surface area (Å²) in [6.45, 7) is 6.57. The van der Waals surface area contributed by atoms with Crippen LogP contribution in [0, 0.1) is 5.92 Å². The van der Waals surface area contributed by atoms with Crippen molar-refractivity contribution in [2.45, 2.75) is 39.0 Å². The molecule has 1 aromatic heterocycles. The number of aromatic nitrogens is 1. The summed E-state index contributed by atoms with van der Waals surface area (Å²) in [7, 11) is 0. The zero-order valence-corrected chi connectivity index (χ0v) is 12.3. The van der Waals surface area contributed by atoms with Crippen LogP contribution in [0.15, 0.2) is 18.2 Å². The SMILES string of the molecule is CC(C)(C)c1ccc2sc(NC(=O)C3CC3)nc2c1. The lowest BCUT2D eigenvalue weighted by molar-refractivity contribution is -0.117. The van der Waals surface area contributed by atoms with E-state index in [0.717, 1.165) is 28.2 Å². The molecule has 1 fully saturated rings. The van der Waals surface area contributed by atoms with Crippen molar-refractivity contribution >= 4 is 32.6 Å². The monoisotopic (exact) mass is 274 g/mol. The van der Waals surface area contributed by atoms with Gasteiger partial charge in [0.2, 0.25) is 5.91 Å². The predicted molar refractivity (Wildman–Crippen MR) is 79.7 cm³/mol. The van der Waals surface area contributed by atoms with Crippen LogP contribution in [0.3, 0.4) is 0 Å². The van der Waals surface area contributed by atoms with E-state index in [1.165, 1.54) is 5.56 Å². The normalized spacial score (nSPS) is 15.7. The minimum absolute atomic E-state index is 0.120. The maximum absolute atomic E-state index is 11.7. The number of benzene rings is 1. The van der Waals surface area contributed by atoms with Crippen molar-refractivity contribution in [3.63, 3.8) is 0 Å². The van der Waals surface area contributed by atoms with E-state index in [1.807, 2.05) is 0 Å². The molecule has 1 amide bonds. The molecule has 2 aromatic rings. The van der Waals surface area contributed by atoms with Crippen molar-refractivity contribution in [1.82, 2.24) is 4.98 Å². The van der Waals surface area contributed by atoms with Crippen LogP contribution in [0.4, 0.5) is 5.13 Å². The van der Waals surface area contributed by atoms with Gasteiger partial charge in [-0.15, -0.1) is 0 Å². The lowest BCUT2D eigenvalue weighted by Gasteiger charge is -2.18. The van der Waals surface area contributed by atoms with Gasteiger partial charge in [0, 0.05) is 5.92 Å². The molecule has 19 heavy (non-hydrogen) atoms. The highest BCUT2D eigenvalue weighted by Crippen LogP contribution is 2.33. The number of hydrogen-bond acceptors (Lipinski definition) is 3. The van der Waals surface area contributed by atoms with Crippen molar-refractivity contribution in [2.24, 2.45) is 5.92 Å². The predicted octanol–water partition coefficient (Wildman–Crippen LogP) is 3.94. The molecular formula is C15H18N2OS. The number of anilines is 1. The molecule has 1 heterocycles. The Morgan fingerprint density at radius 2 is 2.11 bits per heavy atom. The second kappa shape index (κ2) is 4.30. The van der Waals surface area contributed by atoms with E-state index in [2.05, 4.69) is 49.3 Å². The Morgan fingerprint density at radius 3 is 2.74 bits per heavy atom. The topological polar surface area (TPSA) is 42.0 Å². The minimum atomic E-state index is 0.120. The van der Waals surface area contributed by atoms with Crippen LogP contribution in [0.1, 0.15) is 39.2 Å². The van der Waals surface area contributed by atoms with Crippen LogP contribution in [-0.4, -0.2) is 10.9 Å². The average Bonchev–Trinajstić information content (AvgIpc) is 3.08. The molecule has 4 heteroatoms. The Kier molecular flexibility index (Phi) is 2.86. The Bertz CT molecular complexity index is 635. The van der Waals surface area contributed by atoms with Crippen LogP contribution in [0.2, 0.25) is 0 Å². The first-order valence-electron chi connectivity index (χ1n) is 6.65. The van der Waals surface area contributed by atoms with Crippen LogP contribution < -0.4 is 5.32 Å². The smallest absolute Gasteiger partial charge is 0.229 e. The first kappa shape index (κ1) is 12.6. The van der Waals surface area contributed by atoms with Crippen molar-refractivity contribution < 1.29 is 4.79 Å². The van der Waals surface area contributed by atoms with Crippen molar-refractivity contribution in [3.8, 4) is 0 Å². The van der Waals surface area contributed by atoms with Crippen LogP contribution >= 0.6 is 11.3 Å². The van der Waals surface area contributed by atoms with E-state index in [0.29, 0.717) is 0 Å². The van der Waals surface area contributed by atoms with Gasteiger partial charge in [-0.05, 0) is 36.0 Å². The number of carbonyl (C=O) groups is 1. The van der Waals surface area contributed by atoms with Gasteiger partial charge in [-0.25, -0.2) is 4.98 Å². The fraction of sp³-hybridized carbons (Fsp3) is 0.467. The van der Waals surface area contributed by atoms with E-state index in [4.69, 9.17) is 0 Å². The Labute approximate surface area is 117 Å². The Balaban J connectivity index is 1.89. The molecule has 1 aliphatic carbocycles. The van der Waals surface area contributed by atoms with Gasteiger partial charge in [0.15, 0.2) is 5.13 Å². The molecule has 0 atom stereocenters. The zero-order chi connectivity index (χ0) is 13.6. The summed E-state index contributed by atoms with van der Waals surface area (Å²) >= 11 is 1.55. The molecule has 100 valence electrons. The number of nitrogens with one attached hydrogen (secondary N) is 1. The lowest BCUT2D eigenvalue weighted by atomic mass is 9.87. The number of hydrogen-bond donors (Lipinski definition) is 1. The molecule has 3 rings (SSSR count). The molecule has 0 saturated heterocycles. The zero-order valence-electron chi connectivity index (χ0n) is 11.5. The molecular weight excluding hydrogens is 256 g/mol. The molecule has 0 spiro atoms. The number of thiazole rings is 1. The largest absolute Gasteiger partial charge is 0.302 e. The highest BCUT2D eigenvalue weighted by atomic mass is 32.1. The van der Waals surface area contributed by atoms with Gasteiger partial charge in [-0.1, -0.05) is 38.2 Å². The van der Waals surface area contributed by atoms with Crippen LogP contribution in [0.5, 0.6) is 0 Å².